The lowest BCUT2D eigenvalue weighted by Gasteiger charge is -2.25. The summed E-state index contributed by atoms with van der Waals surface area (Å²) in [7, 11) is 1.99. The van der Waals surface area contributed by atoms with Crippen LogP contribution < -0.4 is 10.6 Å². The molecule has 1 fully saturated rings. The van der Waals surface area contributed by atoms with Crippen LogP contribution in [-0.2, 0) is 9.59 Å². The molecule has 0 aromatic rings. The van der Waals surface area contributed by atoms with Gasteiger partial charge < -0.3 is 20.8 Å². The lowest BCUT2D eigenvalue weighted by molar-refractivity contribution is -0.140. The molecule has 120 valence electrons. The summed E-state index contributed by atoms with van der Waals surface area (Å²) in [5.74, 6) is -2.34. The maximum Gasteiger partial charge on any atom is 0.326 e. The zero-order valence-electron chi connectivity index (χ0n) is 12.3. The minimum Gasteiger partial charge on any atom is -0.481 e. The van der Waals surface area contributed by atoms with Crippen LogP contribution in [-0.4, -0.2) is 64.8 Å². The lowest BCUT2D eigenvalue weighted by atomic mass is 10.1. The van der Waals surface area contributed by atoms with Gasteiger partial charge in [-0.1, -0.05) is 0 Å². The summed E-state index contributed by atoms with van der Waals surface area (Å²) >= 11 is 0. The maximum atomic E-state index is 11.7. The van der Waals surface area contributed by atoms with Crippen molar-refractivity contribution in [2.75, 3.05) is 13.6 Å². The monoisotopic (exact) mass is 301 g/mol. The molecule has 0 spiro atoms. The Kier molecular flexibility index (Phi) is 6.41. The first-order valence-electron chi connectivity index (χ1n) is 7.02. The van der Waals surface area contributed by atoms with Crippen LogP contribution in [0, 0.1) is 0 Å². The average Bonchev–Trinajstić information content (AvgIpc) is 3.23. The molecule has 8 nitrogen and oxygen atoms in total. The highest BCUT2D eigenvalue weighted by Gasteiger charge is 2.29. The molecule has 2 atom stereocenters. The number of aliphatic carboxylic acids is 2. The Hall–Kier alpha value is -1.83. The predicted octanol–water partition coefficient (Wildman–Crippen LogP) is 0.0863. The van der Waals surface area contributed by atoms with Crippen molar-refractivity contribution in [3.05, 3.63) is 0 Å². The highest BCUT2D eigenvalue weighted by Crippen LogP contribution is 2.26. The van der Waals surface area contributed by atoms with Gasteiger partial charge in [0.05, 0.1) is 0 Å². The molecule has 1 rings (SSSR count). The van der Waals surface area contributed by atoms with Gasteiger partial charge in [0.25, 0.3) is 0 Å². The zero-order chi connectivity index (χ0) is 16.0. The number of likely N-dealkylation sites (N-methyl/N-ethyl adjacent to an activating group) is 1. The first kappa shape index (κ1) is 17.2. The molecule has 0 aliphatic heterocycles. The summed E-state index contributed by atoms with van der Waals surface area (Å²) in [6, 6.07) is -1.06. The van der Waals surface area contributed by atoms with Gasteiger partial charge in [0, 0.05) is 25.0 Å². The normalized spacial score (nSPS) is 17.1. The van der Waals surface area contributed by atoms with E-state index in [9.17, 15) is 14.4 Å². The van der Waals surface area contributed by atoms with Gasteiger partial charge in [0.15, 0.2) is 0 Å². The fraction of sp³-hybridized carbons (Fsp3) is 0.769. The van der Waals surface area contributed by atoms with E-state index in [0.29, 0.717) is 12.6 Å². The smallest absolute Gasteiger partial charge is 0.326 e. The van der Waals surface area contributed by atoms with E-state index in [-0.39, 0.29) is 18.9 Å². The van der Waals surface area contributed by atoms with Crippen molar-refractivity contribution in [2.45, 2.75) is 50.7 Å². The molecule has 1 aliphatic carbocycles. The number of carbonyl (C=O) groups excluding carboxylic acids is 1. The number of rotatable bonds is 9. The van der Waals surface area contributed by atoms with Gasteiger partial charge in [-0.3, -0.25) is 9.69 Å². The van der Waals surface area contributed by atoms with E-state index in [1.165, 1.54) is 12.8 Å². The predicted molar refractivity (Wildman–Crippen MR) is 75.1 cm³/mol. The number of carbonyl (C=O) groups is 3. The number of hydrogen-bond donors (Lipinski definition) is 4. The first-order valence-corrected chi connectivity index (χ1v) is 7.02. The Balaban J connectivity index is 2.32. The van der Waals surface area contributed by atoms with E-state index < -0.39 is 24.0 Å². The van der Waals surface area contributed by atoms with Crippen LogP contribution in [0.3, 0.4) is 0 Å². The fourth-order valence-electron chi connectivity index (χ4n) is 1.96. The molecule has 2 amide bonds. The Labute approximate surface area is 123 Å². The average molecular weight is 301 g/mol. The van der Waals surface area contributed by atoms with Crippen LogP contribution in [0.2, 0.25) is 0 Å². The second kappa shape index (κ2) is 7.82. The molecule has 0 aromatic carbocycles. The first-order chi connectivity index (χ1) is 9.81. The molecule has 1 saturated carbocycles. The van der Waals surface area contributed by atoms with Gasteiger partial charge in [-0.15, -0.1) is 0 Å². The molecule has 1 aliphatic rings. The second-order valence-corrected chi connectivity index (χ2v) is 5.42. The molecule has 0 bridgehead atoms. The van der Waals surface area contributed by atoms with Gasteiger partial charge in [-0.05, 0) is 33.2 Å². The molecule has 0 saturated heterocycles. The number of urea groups is 1. The molecular weight excluding hydrogens is 278 g/mol. The van der Waals surface area contributed by atoms with Gasteiger partial charge >= 0.3 is 18.0 Å². The van der Waals surface area contributed by atoms with Crippen molar-refractivity contribution >= 4 is 18.0 Å². The summed E-state index contributed by atoms with van der Waals surface area (Å²) < 4.78 is 0. The lowest BCUT2D eigenvalue weighted by Crippen LogP contribution is -2.49. The van der Waals surface area contributed by atoms with E-state index in [4.69, 9.17) is 10.2 Å². The number of amides is 2. The van der Waals surface area contributed by atoms with Crippen LogP contribution in [0.4, 0.5) is 4.79 Å². The minimum absolute atomic E-state index is 0.143. The van der Waals surface area contributed by atoms with E-state index in [1.54, 1.807) is 0 Å². The van der Waals surface area contributed by atoms with E-state index >= 15 is 0 Å². The fourth-order valence-corrected chi connectivity index (χ4v) is 1.96. The Morgan fingerprint density at radius 3 is 2.38 bits per heavy atom. The third-order valence-electron chi connectivity index (χ3n) is 3.63. The van der Waals surface area contributed by atoms with Crippen LogP contribution in [0.25, 0.3) is 0 Å². The van der Waals surface area contributed by atoms with Crippen molar-refractivity contribution in [1.29, 1.82) is 0 Å². The van der Waals surface area contributed by atoms with E-state index in [1.807, 2.05) is 14.0 Å². The topological polar surface area (TPSA) is 119 Å². The minimum atomic E-state index is -1.24. The van der Waals surface area contributed by atoms with Crippen LogP contribution in [0.15, 0.2) is 0 Å². The molecule has 8 heteroatoms. The van der Waals surface area contributed by atoms with Crippen LogP contribution in [0.1, 0.15) is 32.6 Å². The number of carboxylic acids is 2. The number of carboxylic acid groups (broad SMARTS) is 2. The molecule has 2 unspecified atom stereocenters. The van der Waals surface area contributed by atoms with Crippen molar-refractivity contribution < 1.29 is 24.6 Å². The van der Waals surface area contributed by atoms with Crippen molar-refractivity contribution in [1.82, 2.24) is 15.5 Å². The second-order valence-electron chi connectivity index (χ2n) is 5.42. The quantitative estimate of drug-likeness (QED) is 0.479. The highest BCUT2D eigenvalue weighted by atomic mass is 16.4. The van der Waals surface area contributed by atoms with E-state index in [0.717, 1.165) is 0 Å². The van der Waals surface area contributed by atoms with Crippen molar-refractivity contribution in [3.8, 4) is 0 Å². The molecule has 0 aromatic heterocycles. The molecule has 4 N–H and O–H groups in total. The van der Waals surface area contributed by atoms with Crippen molar-refractivity contribution in [3.63, 3.8) is 0 Å². The Morgan fingerprint density at radius 2 is 1.90 bits per heavy atom. The SMILES string of the molecule is CC(CNC(=O)NC(CCC(=O)O)C(=O)O)N(C)C1CC1. The van der Waals surface area contributed by atoms with Gasteiger partial charge in [-0.2, -0.15) is 0 Å². The van der Waals surface area contributed by atoms with Crippen LogP contribution in [0.5, 0.6) is 0 Å². The van der Waals surface area contributed by atoms with Gasteiger partial charge in [-0.25, -0.2) is 9.59 Å². The van der Waals surface area contributed by atoms with Gasteiger partial charge in [0.1, 0.15) is 6.04 Å². The third-order valence-corrected chi connectivity index (χ3v) is 3.63. The molecular formula is C13H23N3O5. The summed E-state index contributed by atoms with van der Waals surface area (Å²) in [4.78, 5) is 35.2. The summed E-state index contributed by atoms with van der Waals surface area (Å²) in [6.45, 7) is 2.39. The van der Waals surface area contributed by atoms with E-state index in [2.05, 4.69) is 15.5 Å². The number of nitrogens with one attached hydrogen (secondary N) is 2. The largest absolute Gasteiger partial charge is 0.481 e. The Bertz CT molecular complexity index is 397. The number of hydrogen-bond acceptors (Lipinski definition) is 4. The summed E-state index contributed by atoms with van der Waals surface area (Å²) in [6.07, 6.45) is 1.89. The standard InChI is InChI=1S/C13H23N3O5/c1-8(16(2)9-3-4-9)7-14-13(21)15-10(12(19)20)5-6-11(17)18/h8-10H,3-7H2,1-2H3,(H,17,18)(H,19,20)(H2,14,15,21). The Morgan fingerprint density at radius 1 is 1.29 bits per heavy atom. The molecule has 21 heavy (non-hydrogen) atoms. The van der Waals surface area contributed by atoms with Crippen molar-refractivity contribution in [2.24, 2.45) is 0 Å². The summed E-state index contributed by atoms with van der Waals surface area (Å²) in [5, 5.41) is 22.4. The highest BCUT2D eigenvalue weighted by molar-refractivity contribution is 5.83. The third kappa shape index (κ3) is 6.44. The van der Waals surface area contributed by atoms with Crippen LogP contribution >= 0.6 is 0 Å². The van der Waals surface area contributed by atoms with Gasteiger partial charge in [0.2, 0.25) is 0 Å². The zero-order valence-corrected chi connectivity index (χ0v) is 12.3. The maximum absolute atomic E-state index is 11.7. The molecule has 0 radical (unpaired) electrons. The summed E-state index contributed by atoms with van der Waals surface area (Å²) in [5.41, 5.74) is 0. The number of nitrogens with zero attached hydrogens (tertiary/aromatic N) is 1. The molecule has 0 heterocycles.